The molecule has 6 nitrogen and oxygen atoms in total. The number of aliphatic hydroxyl groups excluding tert-OH is 1. The highest BCUT2D eigenvalue weighted by molar-refractivity contribution is 7.89. The molecule has 0 amide bonds. The summed E-state index contributed by atoms with van der Waals surface area (Å²) in [6, 6.07) is 1.34. The van der Waals surface area contributed by atoms with Gasteiger partial charge in [0.25, 0.3) is 0 Å². The molecular formula is C15H24FNO5S. The first kappa shape index (κ1) is 19.7. The van der Waals surface area contributed by atoms with E-state index in [1.807, 2.05) is 0 Å². The summed E-state index contributed by atoms with van der Waals surface area (Å²) in [5, 5.41) is 9.55. The van der Waals surface area contributed by atoms with Crippen molar-refractivity contribution < 1.29 is 27.4 Å². The average Bonchev–Trinajstić information content (AvgIpc) is 2.45. The number of hydrogen-bond acceptors (Lipinski definition) is 5. The van der Waals surface area contributed by atoms with Crippen LogP contribution in [0.3, 0.4) is 0 Å². The lowest BCUT2D eigenvalue weighted by Crippen LogP contribution is -2.47. The van der Waals surface area contributed by atoms with Gasteiger partial charge < -0.3 is 14.6 Å². The Hall–Kier alpha value is -1.38. The zero-order valence-corrected chi connectivity index (χ0v) is 15.1. The predicted molar refractivity (Wildman–Crippen MR) is 84.8 cm³/mol. The van der Waals surface area contributed by atoms with Crippen LogP contribution in [0.2, 0.25) is 0 Å². The molecule has 0 aliphatic heterocycles. The summed E-state index contributed by atoms with van der Waals surface area (Å²) in [6.45, 7) is 5.01. The van der Waals surface area contributed by atoms with Crippen LogP contribution in [0.1, 0.15) is 20.8 Å². The molecule has 0 saturated heterocycles. The van der Waals surface area contributed by atoms with Gasteiger partial charge in [-0.15, -0.1) is 0 Å². The van der Waals surface area contributed by atoms with E-state index in [-0.39, 0.29) is 18.1 Å². The van der Waals surface area contributed by atoms with Gasteiger partial charge in [0.05, 0.1) is 26.9 Å². The molecule has 1 rings (SSSR count). The minimum Gasteiger partial charge on any atom is -0.493 e. The lowest BCUT2D eigenvalue weighted by molar-refractivity contribution is 0.115. The van der Waals surface area contributed by atoms with Gasteiger partial charge in [-0.3, -0.25) is 0 Å². The Kier molecular flexibility index (Phi) is 6.00. The number of methoxy groups -OCH3 is 2. The van der Waals surface area contributed by atoms with Crippen LogP contribution >= 0.6 is 0 Å². The van der Waals surface area contributed by atoms with Crippen LogP contribution in [-0.4, -0.2) is 51.7 Å². The van der Waals surface area contributed by atoms with Gasteiger partial charge in [0.15, 0.2) is 11.5 Å². The highest BCUT2D eigenvalue weighted by Gasteiger charge is 2.37. The van der Waals surface area contributed by atoms with E-state index in [4.69, 9.17) is 9.47 Å². The number of ether oxygens (including phenoxy) is 2. The molecule has 0 spiro atoms. The van der Waals surface area contributed by atoms with Crippen molar-refractivity contribution in [2.75, 3.05) is 27.9 Å². The molecule has 0 fully saturated rings. The van der Waals surface area contributed by atoms with Gasteiger partial charge in [0, 0.05) is 19.2 Å². The van der Waals surface area contributed by atoms with Crippen molar-refractivity contribution in [2.24, 2.45) is 5.41 Å². The van der Waals surface area contributed by atoms with Crippen LogP contribution in [0, 0.1) is 11.2 Å². The number of aliphatic hydroxyl groups is 1. The van der Waals surface area contributed by atoms with Crippen LogP contribution in [0.5, 0.6) is 11.5 Å². The second-order valence-corrected chi connectivity index (χ2v) is 8.19. The summed E-state index contributed by atoms with van der Waals surface area (Å²) in [7, 11) is -0.175. The van der Waals surface area contributed by atoms with Crippen molar-refractivity contribution in [3.05, 3.63) is 17.9 Å². The standard InChI is InChI=1S/C15H24FNO5S/c1-15(2,3)14(9-18)17(4)23(19,20)13-8-12(22-6)11(21-5)7-10(13)16/h7-8,14,18H,9H2,1-6H3. The van der Waals surface area contributed by atoms with Crippen LogP contribution in [-0.2, 0) is 10.0 Å². The summed E-state index contributed by atoms with van der Waals surface area (Å²) in [6.07, 6.45) is 0. The van der Waals surface area contributed by atoms with Crippen LogP contribution in [0.4, 0.5) is 4.39 Å². The Morgan fingerprint density at radius 1 is 1.22 bits per heavy atom. The molecule has 23 heavy (non-hydrogen) atoms. The minimum atomic E-state index is -4.16. The minimum absolute atomic E-state index is 0.0983. The van der Waals surface area contributed by atoms with Crippen LogP contribution in [0.25, 0.3) is 0 Å². The average molecular weight is 349 g/mol. The Bertz CT molecular complexity index is 655. The second kappa shape index (κ2) is 7.02. The normalized spacial score (nSPS) is 14.0. The quantitative estimate of drug-likeness (QED) is 0.848. The summed E-state index contributed by atoms with van der Waals surface area (Å²) in [4.78, 5) is -0.527. The Morgan fingerprint density at radius 3 is 2.09 bits per heavy atom. The SMILES string of the molecule is COc1cc(F)c(S(=O)(=O)N(C)C(CO)C(C)(C)C)cc1OC. The summed E-state index contributed by atoms with van der Waals surface area (Å²) < 4.78 is 50.7. The number of sulfonamides is 1. The van der Waals surface area contributed by atoms with Gasteiger partial charge in [-0.1, -0.05) is 20.8 Å². The number of rotatable bonds is 6. The maximum Gasteiger partial charge on any atom is 0.246 e. The first-order valence-corrected chi connectivity index (χ1v) is 8.45. The van der Waals surface area contributed by atoms with Gasteiger partial charge in [0.2, 0.25) is 10.0 Å². The van der Waals surface area contributed by atoms with Crippen molar-refractivity contribution >= 4 is 10.0 Å². The van der Waals surface area contributed by atoms with Gasteiger partial charge >= 0.3 is 0 Å². The third kappa shape index (κ3) is 3.94. The van der Waals surface area contributed by atoms with Crippen molar-refractivity contribution in [1.82, 2.24) is 4.31 Å². The Morgan fingerprint density at radius 2 is 1.70 bits per heavy atom. The molecule has 0 saturated carbocycles. The molecule has 0 aromatic heterocycles. The number of likely N-dealkylation sites (N-methyl/N-ethyl adjacent to an activating group) is 1. The molecule has 1 N–H and O–H groups in total. The number of hydrogen-bond donors (Lipinski definition) is 1. The first-order chi connectivity index (χ1) is 10.5. The molecule has 0 aliphatic carbocycles. The fourth-order valence-electron chi connectivity index (χ4n) is 2.29. The topological polar surface area (TPSA) is 76.1 Å². The van der Waals surface area contributed by atoms with E-state index in [0.29, 0.717) is 0 Å². The van der Waals surface area contributed by atoms with E-state index >= 15 is 0 Å². The molecule has 1 aromatic carbocycles. The van der Waals surface area contributed by atoms with E-state index in [2.05, 4.69) is 0 Å². The van der Waals surface area contributed by atoms with E-state index < -0.39 is 32.2 Å². The Labute approximate surface area is 136 Å². The highest BCUT2D eigenvalue weighted by atomic mass is 32.2. The van der Waals surface area contributed by atoms with Crippen LogP contribution in [0.15, 0.2) is 17.0 Å². The molecule has 8 heteroatoms. The lowest BCUT2D eigenvalue weighted by atomic mass is 9.87. The lowest BCUT2D eigenvalue weighted by Gasteiger charge is -2.36. The fourth-order valence-corrected chi connectivity index (χ4v) is 3.88. The fraction of sp³-hybridized carbons (Fsp3) is 0.600. The molecular weight excluding hydrogens is 325 g/mol. The Balaban J connectivity index is 3.44. The predicted octanol–water partition coefficient (Wildman–Crippen LogP) is 1.87. The monoisotopic (exact) mass is 349 g/mol. The number of halogens is 1. The van der Waals surface area contributed by atoms with Gasteiger partial charge in [0.1, 0.15) is 10.7 Å². The highest BCUT2D eigenvalue weighted by Crippen LogP contribution is 2.34. The zero-order chi connectivity index (χ0) is 18.0. The summed E-state index contributed by atoms with van der Waals surface area (Å²) >= 11 is 0. The second-order valence-electron chi connectivity index (χ2n) is 6.22. The third-order valence-corrected chi connectivity index (χ3v) is 5.59. The van der Waals surface area contributed by atoms with Gasteiger partial charge in [-0.05, 0) is 5.41 Å². The molecule has 1 aromatic rings. The molecule has 0 radical (unpaired) electrons. The first-order valence-electron chi connectivity index (χ1n) is 7.01. The zero-order valence-electron chi connectivity index (χ0n) is 14.3. The molecule has 1 atom stereocenters. The van der Waals surface area contributed by atoms with Crippen LogP contribution < -0.4 is 9.47 Å². The van der Waals surface area contributed by atoms with E-state index in [1.165, 1.54) is 21.3 Å². The molecule has 132 valence electrons. The molecule has 0 bridgehead atoms. The largest absolute Gasteiger partial charge is 0.493 e. The number of benzene rings is 1. The number of nitrogens with zero attached hydrogens (tertiary/aromatic N) is 1. The van der Waals surface area contributed by atoms with E-state index in [9.17, 15) is 17.9 Å². The van der Waals surface area contributed by atoms with Crippen molar-refractivity contribution in [3.63, 3.8) is 0 Å². The maximum absolute atomic E-state index is 14.3. The third-order valence-electron chi connectivity index (χ3n) is 3.71. The summed E-state index contributed by atoms with van der Waals surface area (Å²) in [5.41, 5.74) is -0.524. The van der Waals surface area contributed by atoms with Crippen molar-refractivity contribution in [3.8, 4) is 11.5 Å². The molecule has 1 unspecified atom stereocenters. The van der Waals surface area contributed by atoms with E-state index in [0.717, 1.165) is 16.4 Å². The smallest absolute Gasteiger partial charge is 0.246 e. The molecule has 0 aliphatic rings. The van der Waals surface area contributed by atoms with Crippen molar-refractivity contribution in [2.45, 2.75) is 31.7 Å². The van der Waals surface area contributed by atoms with Gasteiger partial charge in [-0.25, -0.2) is 12.8 Å². The van der Waals surface area contributed by atoms with Gasteiger partial charge in [-0.2, -0.15) is 4.31 Å². The molecule has 0 heterocycles. The summed E-state index contributed by atoms with van der Waals surface area (Å²) in [5.74, 6) is -0.738. The van der Waals surface area contributed by atoms with Crippen molar-refractivity contribution in [1.29, 1.82) is 0 Å². The maximum atomic E-state index is 14.3. The van der Waals surface area contributed by atoms with E-state index in [1.54, 1.807) is 20.8 Å².